The SMILES string of the molecule is CC(C)CN1CCN(C(=O)Cc2ccc3c(c2)OCO3)CC1CCO. The molecule has 1 amide bonds. The van der Waals surface area contributed by atoms with E-state index in [1.807, 2.05) is 23.1 Å². The first-order valence-electron chi connectivity index (χ1n) is 9.08. The van der Waals surface area contributed by atoms with Crippen molar-refractivity contribution in [2.45, 2.75) is 32.7 Å². The van der Waals surface area contributed by atoms with E-state index in [-0.39, 0.29) is 25.3 Å². The molecule has 0 radical (unpaired) electrons. The molecule has 1 aromatic carbocycles. The number of hydrogen-bond acceptors (Lipinski definition) is 5. The molecule has 1 aromatic rings. The zero-order chi connectivity index (χ0) is 17.8. The van der Waals surface area contributed by atoms with Crippen molar-refractivity contribution in [1.82, 2.24) is 9.80 Å². The normalized spacial score (nSPS) is 20.3. The molecule has 0 spiro atoms. The fraction of sp³-hybridized carbons (Fsp3) is 0.632. The largest absolute Gasteiger partial charge is 0.454 e. The lowest BCUT2D eigenvalue weighted by Crippen LogP contribution is -2.56. The molecule has 0 saturated carbocycles. The van der Waals surface area contributed by atoms with E-state index in [1.165, 1.54) is 0 Å². The molecule has 1 saturated heterocycles. The van der Waals surface area contributed by atoms with Crippen LogP contribution in [0.15, 0.2) is 18.2 Å². The average molecular weight is 348 g/mol. The lowest BCUT2D eigenvalue weighted by atomic mass is 10.0. The summed E-state index contributed by atoms with van der Waals surface area (Å²) in [7, 11) is 0. The van der Waals surface area contributed by atoms with Gasteiger partial charge in [-0.1, -0.05) is 19.9 Å². The van der Waals surface area contributed by atoms with Gasteiger partial charge in [0.25, 0.3) is 0 Å². The maximum absolute atomic E-state index is 12.7. The fourth-order valence-corrected chi connectivity index (χ4v) is 3.59. The van der Waals surface area contributed by atoms with Crippen LogP contribution in [0.4, 0.5) is 0 Å². The molecular formula is C19H28N2O4. The van der Waals surface area contributed by atoms with E-state index in [1.54, 1.807) is 0 Å². The number of amides is 1. The highest BCUT2D eigenvalue weighted by Gasteiger charge is 2.29. The first-order valence-corrected chi connectivity index (χ1v) is 9.08. The summed E-state index contributed by atoms with van der Waals surface area (Å²) in [6.45, 7) is 8.12. The molecule has 138 valence electrons. The van der Waals surface area contributed by atoms with Gasteiger partial charge in [0.2, 0.25) is 12.7 Å². The van der Waals surface area contributed by atoms with Gasteiger partial charge in [0.05, 0.1) is 6.42 Å². The molecule has 0 aliphatic carbocycles. The number of benzene rings is 1. The van der Waals surface area contributed by atoms with Crippen LogP contribution in [0.2, 0.25) is 0 Å². The van der Waals surface area contributed by atoms with Gasteiger partial charge in [-0.05, 0) is 30.0 Å². The number of hydrogen-bond donors (Lipinski definition) is 1. The predicted molar refractivity (Wildman–Crippen MR) is 94.8 cm³/mol. The van der Waals surface area contributed by atoms with E-state index in [4.69, 9.17) is 9.47 Å². The summed E-state index contributed by atoms with van der Waals surface area (Å²) < 4.78 is 10.7. The van der Waals surface area contributed by atoms with Gasteiger partial charge in [-0.2, -0.15) is 0 Å². The smallest absolute Gasteiger partial charge is 0.231 e. The van der Waals surface area contributed by atoms with Crippen molar-refractivity contribution in [2.24, 2.45) is 5.92 Å². The highest BCUT2D eigenvalue weighted by molar-refractivity contribution is 5.79. The number of ether oxygens (including phenoxy) is 2. The molecule has 25 heavy (non-hydrogen) atoms. The second-order valence-electron chi connectivity index (χ2n) is 7.26. The molecule has 0 aromatic heterocycles. The quantitative estimate of drug-likeness (QED) is 0.844. The molecule has 6 heteroatoms. The number of aliphatic hydroxyl groups is 1. The Hall–Kier alpha value is -1.79. The Morgan fingerprint density at radius 1 is 1.28 bits per heavy atom. The Kier molecular flexibility index (Phi) is 5.81. The highest BCUT2D eigenvalue weighted by atomic mass is 16.7. The van der Waals surface area contributed by atoms with Crippen LogP contribution in [-0.2, 0) is 11.2 Å². The van der Waals surface area contributed by atoms with Crippen LogP contribution in [0.1, 0.15) is 25.8 Å². The molecule has 1 N–H and O–H groups in total. The van der Waals surface area contributed by atoms with Gasteiger partial charge in [-0.3, -0.25) is 9.69 Å². The molecule has 1 unspecified atom stereocenters. The van der Waals surface area contributed by atoms with Crippen LogP contribution < -0.4 is 9.47 Å². The van der Waals surface area contributed by atoms with Crippen molar-refractivity contribution in [3.8, 4) is 11.5 Å². The Balaban J connectivity index is 1.60. The molecule has 1 atom stereocenters. The first kappa shape index (κ1) is 18.0. The van der Waals surface area contributed by atoms with Crippen LogP contribution in [0.5, 0.6) is 11.5 Å². The minimum absolute atomic E-state index is 0.131. The highest BCUT2D eigenvalue weighted by Crippen LogP contribution is 2.32. The fourth-order valence-electron chi connectivity index (χ4n) is 3.59. The minimum atomic E-state index is 0.131. The Morgan fingerprint density at radius 3 is 2.84 bits per heavy atom. The van der Waals surface area contributed by atoms with E-state index < -0.39 is 0 Å². The van der Waals surface area contributed by atoms with Crippen molar-refractivity contribution < 1.29 is 19.4 Å². The van der Waals surface area contributed by atoms with Crippen LogP contribution in [0.25, 0.3) is 0 Å². The second-order valence-corrected chi connectivity index (χ2v) is 7.26. The predicted octanol–water partition coefficient (Wildman–Crippen LogP) is 1.51. The zero-order valence-corrected chi connectivity index (χ0v) is 15.1. The number of aliphatic hydroxyl groups excluding tert-OH is 1. The molecule has 0 bridgehead atoms. The van der Waals surface area contributed by atoms with Crippen LogP contribution in [0.3, 0.4) is 0 Å². The molecule has 2 heterocycles. The first-order chi connectivity index (χ1) is 12.1. The number of nitrogens with zero attached hydrogens (tertiary/aromatic N) is 2. The van der Waals surface area contributed by atoms with Gasteiger partial charge in [0.1, 0.15) is 0 Å². The van der Waals surface area contributed by atoms with E-state index in [2.05, 4.69) is 18.7 Å². The summed E-state index contributed by atoms with van der Waals surface area (Å²) in [6.07, 6.45) is 1.08. The van der Waals surface area contributed by atoms with E-state index >= 15 is 0 Å². The summed E-state index contributed by atoms with van der Waals surface area (Å²) in [4.78, 5) is 17.1. The molecular weight excluding hydrogens is 320 g/mol. The van der Waals surface area contributed by atoms with Crippen molar-refractivity contribution in [3.63, 3.8) is 0 Å². The van der Waals surface area contributed by atoms with Gasteiger partial charge in [-0.25, -0.2) is 0 Å². The van der Waals surface area contributed by atoms with Crippen LogP contribution in [-0.4, -0.2) is 66.4 Å². The van der Waals surface area contributed by atoms with E-state index in [0.717, 1.165) is 30.9 Å². The van der Waals surface area contributed by atoms with Gasteiger partial charge in [0, 0.05) is 38.8 Å². The van der Waals surface area contributed by atoms with Crippen LogP contribution >= 0.6 is 0 Å². The molecule has 1 fully saturated rings. The Bertz CT molecular complexity index is 605. The van der Waals surface area contributed by atoms with Crippen molar-refractivity contribution >= 4 is 5.91 Å². The third-order valence-electron chi connectivity index (χ3n) is 4.81. The number of carbonyl (C=O) groups is 1. The van der Waals surface area contributed by atoms with Crippen molar-refractivity contribution in [2.75, 3.05) is 39.6 Å². The Labute approximate surface area is 149 Å². The number of piperazine rings is 1. The molecule has 3 rings (SSSR count). The zero-order valence-electron chi connectivity index (χ0n) is 15.1. The maximum Gasteiger partial charge on any atom is 0.231 e. The monoisotopic (exact) mass is 348 g/mol. The lowest BCUT2D eigenvalue weighted by Gasteiger charge is -2.42. The number of carbonyl (C=O) groups excluding carboxylic acids is 1. The third-order valence-corrected chi connectivity index (χ3v) is 4.81. The van der Waals surface area contributed by atoms with Crippen molar-refractivity contribution in [3.05, 3.63) is 23.8 Å². The Morgan fingerprint density at radius 2 is 2.08 bits per heavy atom. The number of rotatable bonds is 6. The van der Waals surface area contributed by atoms with Gasteiger partial charge >= 0.3 is 0 Å². The van der Waals surface area contributed by atoms with Gasteiger partial charge in [0.15, 0.2) is 11.5 Å². The average Bonchev–Trinajstić information content (AvgIpc) is 3.04. The van der Waals surface area contributed by atoms with E-state index in [9.17, 15) is 9.90 Å². The van der Waals surface area contributed by atoms with Gasteiger partial charge in [-0.15, -0.1) is 0 Å². The number of fused-ring (bicyclic) bond motifs is 1. The summed E-state index contributed by atoms with van der Waals surface area (Å²) in [5.74, 6) is 2.16. The van der Waals surface area contributed by atoms with Crippen molar-refractivity contribution in [1.29, 1.82) is 0 Å². The summed E-state index contributed by atoms with van der Waals surface area (Å²) in [5, 5.41) is 9.36. The van der Waals surface area contributed by atoms with E-state index in [0.29, 0.717) is 31.1 Å². The summed E-state index contributed by atoms with van der Waals surface area (Å²) in [6, 6.07) is 5.91. The lowest BCUT2D eigenvalue weighted by molar-refractivity contribution is -0.133. The van der Waals surface area contributed by atoms with Gasteiger partial charge < -0.3 is 19.5 Å². The third kappa shape index (κ3) is 4.44. The second kappa shape index (κ2) is 8.06. The standard InChI is InChI=1S/C19H28N2O4/c1-14(2)11-20-6-7-21(12-16(20)5-8-22)19(23)10-15-3-4-17-18(9-15)25-13-24-17/h3-4,9,14,16,22H,5-8,10-13H2,1-2H3. The summed E-state index contributed by atoms with van der Waals surface area (Å²) >= 11 is 0. The molecule has 2 aliphatic heterocycles. The maximum atomic E-state index is 12.7. The summed E-state index contributed by atoms with van der Waals surface area (Å²) in [5.41, 5.74) is 0.942. The minimum Gasteiger partial charge on any atom is -0.454 e. The molecule has 2 aliphatic rings. The topological polar surface area (TPSA) is 62.2 Å². The molecule has 6 nitrogen and oxygen atoms in total. The van der Waals surface area contributed by atoms with Crippen LogP contribution in [0, 0.1) is 5.92 Å².